The van der Waals surface area contributed by atoms with E-state index in [1.54, 1.807) is 25.3 Å². The van der Waals surface area contributed by atoms with Gasteiger partial charge in [0.25, 0.3) is 5.91 Å². The zero-order chi connectivity index (χ0) is 12.5. The van der Waals surface area contributed by atoms with E-state index in [1.165, 1.54) is 6.42 Å². The summed E-state index contributed by atoms with van der Waals surface area (Å²) in [7, 11) is 1.57. The van der Waals surface area contributed by atoms with Crippen LogP contribution in [0.3, 0.4) is 0 Å². The molecule has 0 bridgehead atoms. The number of nitrogens with two attached hydrogens (primary N) is 1. The Balaban J connectivity index is 2.18. The van der Waals surface area contributed by atoms with Crippen molar-refractivity contribution >= 4 is 11.6 Å². The first-order chi connectivity index (χ1) is 8.04. The zero-order valence-corrected chi connectivity index (χ0v) is 10.2. The van der Waals surface area contributed by atoms with Crippen molar-refractivity contribution in [1.82, 2.24) is 5.32 Å². The quantitative estimate of drug-likeness (QED) is 0.786. The molecule has 2 rings (SSSR count). The van der Waals surface area contributed by atoms with Crippen LogP contribution in [0.5, 0.6) is 5.75 Å². The summed E-state index contributed by atoms with van der Waals surface area (Å²) in [5.41, 5.74) is 6.71. The van der Waals surface area contributed by atoms with Crippen molar-refractivity contribution in [2.24, 2.45) is 0 Å². The normalized spacial score (nSPS) is 17.1. The number of carbonyl (C=O) groups excluding carboxylic acids is 1. The highest BCUT2D eigenvalue weighted by Crippen LogP contribution is 2.31. The molecule has 1 fully saturated rings. The molecule has 0 radical (unpaired) electrons. The third-order valence-electron chi connectivity index (χ3n) is 3.38. The van der Waals surface area contributed by atoms with Gasteiger partial charge in [-0.2, -0.15) is 0 Å². The van der Waals surface area contributed by atoms with Crippen LogP contribution in [0.4, 0.5) is 5.69 Å². The van der Waals surface area contributed by atoms with Gasteiger partial charge in [0.05, 0.1) is 12.7 Å². The highest BCUT2D eigenvalue weighted by atomic mass is 16.5. The molecule has 0 spiro atoms. The molecule has 0 atom stereocenters. The predicted molar refractivity (Wildman–Crippen MR) is 67.1 cm³/mol. The van der Waals surface area contributed by atoms with Gasteiger partial charge in [0, 0.05) is 11.2 Å². The number of anilines is 1. The van der Waals surface area contributed by atoms with Crippen LogP contribution < -0.4 is 15.8 Å². The molecule has 0 saturated heterocycles. The first-order valence-corrected chi connectivity index (χ1v) is 5.80. The lowest BCUT2D eigenvalue weighted by molar-refractivity contribution is 0.0851. The van der Waals surface area contributed by atoms with Crippen molar-refractivity contribution in [3.63, 3.8) is 0 Å². The van der Waals surface area contributed by atoms with Crippen LogP contribution in [0, 0.1) is 0 Å². The number of ether oxygens (including phenoxy) is 1. The van der Waals surface area contributed by atoms with E-state index in [4.69, 9.17) is 10.5 Å². The van der Waals surface area contributed by atoms with Gasteiger partial charge >= 0.3 is 0 Å². The van der Waals surface area contributed by atoms with Gasteiger partial charge in [-0.1, -0.05) is 0 Å². The molecular weight excluding hydrogens is 216 g/mol. The Morgan fingerprint density at radius 2 is 2.18 bits per heavy atom. The Labute approximate surface area is 101 Å². The molecule has 0 heterocycles. The minimum atomic E-state index is -0.122. The van der Waals surface area contributed by atoms with Crippen LogP contribution in [-0.2, 0) is 0 Å². The summed E-state index contributed by atoms with van der Waals surface area (Å²) in [5, 5.41) is 3.03. The first kappa shape index (κ1) is 11.8. The fourth-order valence-corrected chi connectivity index (χ4v) is 2.03. The predicted octanol–water partition coefficient (Wildman–Crippen LogP) is 1.95. The Bertz CT molecular complexity index is 439. The van der Waals surface area contributed by atoms with Crippen LogP contribution in [0.15, 0.2) is 18.2 Å². The van der Waals surface area contributed by atoms with Crippen molar-refractivity contribution in [1.29, 1.82) is 0 Å². The van der Waals surface area contributed by atoms with E-state index in [0.29, 0.717) is 17.0 Å². The SMILES string of the molecule is COc1ccc(N)c(C(=O)NC2(C)CCC2)c1. The maximum absolute atomic E-state index is 12.1. The number of amides is 1. The molecule has 4 nitrogen and oxygen atoms in total. The van der Waals surface area contributed by atoms with Crippen molar-refractivity contribution in [2.45, 2.75) is 31.7 Å². The van der Waals surface area contributed by atoms with Crippen LogP contribution in [0.2, 0.25) is 0 Å². The van der Waals surface area contributed by atoms with Gasteiger partial charge in [0.1, 0.15) is 5.75 Å². The van der Waals surface area contributed by atoms with Crippen molar-refractivity contribution in [3.8, 4) is 5.75 Å². The molecule has 0 aromatic heterocycles. The molecule has 92 valence electrons. The van der Waals surface area contributed by atoms with Gasteiger partial charge in [-0.3, -0.25) is 4.79 Å². The molecule has 17 heavy (non-hydrogen) atoms. The third-order valence-corrected chi connectivity index (χ3v) is 3.38. The van der Waals surface area contributed by atoms with Gasteiger partial charge in [-0.05, 0) is 44.4 Å². The molecule has 4 heteroatoms. The number of nitrogens with one attached hydrogen (secondary N) is 1. The summed E-state index contributed by atoms with van der Waals surface area (Å²) in [6.45, 7) is 2.06. The van der Waals surface area contributed by atoms with E-state index in [0.717, 1.165) is 12.8 Å². The number of hydrogen-bond donors (Lipinski definition) is 2. The molecule has 1 aromatic rings. The molecule has 0 unspecified atom stereocenters. The molecule has 0 aliphatic heterocycles. The summed E-state index contributed by atoms with van der Waals surface area (Å²) in [4.78, 5) is 12.1. The van der Waals surface area contributed by atoms with Gasteiger partial charge in [-0.15, -0.1) is 0 Å². The van der Waals surface area contributed by atoms with Gasteiger partial charge in [-0.25, -0.2) is 0 Å². The number of methoxy groups -OCH3 is 1. The fourth-order valence-electron chi connectivity index (χ4n) is 2.03. The largest absolute Gasteiger partial charge is 0.497 e. The van der Waals surface area contributed by atoms with E-state index in [2.05, 4.69) is 12.2 Å². The molecule has 3 N–H and O–H groups in total. The lowest BCUT2D eigenvalue weighted by Crippen LogP contribution is -2.51. The molecule has 1 aromatic carbocycles. The van der Waals surface area contributed by atoms with Crippen LogP contribution >= 0.6 is 0 Å². The average molecular weight is 234 g/mol. The Hall–Kier alpha value is -1.71. The van der Waals surface area contributed by atoms with Gasteiger partial charge in [0.15, 0.2) is 0 Å². The van der Waals surface area contributed by atoms with Gasteiger partial charge in [0.2, 0.25) is 0 Å². The second-order valence-corrected chi connectivity index (χ2v) is 4.82. The summed E-state index contributed by atoms with van der Waals surface area (Å²) < 4.78 is 5.09. The second kappa shape index (κ2) is 4.28. The Morgan fingerprint density at radius 1 is 1.47 bits per heavy atom. The number of carbonyl (C=O) groups is 1. The van der Waals surface area contributed by atoms with E-state index in [-0.39, 0.29) is 11.4 Å². The van der Waals surface area contributed by atoms with E-state index in [1.807, 2.05) is 0 Å². The Morgan fingerprint density at radius 3 is 2.71 bits per heavy atom. The summed E-state index contributed by atoms with van der Waals surface area (Å²) in [6.07, 6.45) is 3.23. The van der Waals surface area contributed by atoms with Crippen molar-refractivity contribution in [3.05, 3.63) is 23.8 Å². The lowest BCUT2D eigenvalue weighted by atomic mass is 9.78. The highest BCUT2D eigenvalue weighted by molar-refractivity contribution is 6.00. The third kappa shape index (κ3) is 2.35. The van der Waals surface area contributed by atoms with Crippen LogP contribution in [0.25, 0.3) is 0 Å². The monoisotopic (exact) mass is 234 g/mol. The molecule has 1 aliphatic rings. The first-order valence-electron chi connectivity index (χ1n) is 5.80. The van der Waals surface area contributed by atoms with E-state index in [9.17, 15) is 4.79 Å². The smallest absolute Gasteiger partial charge is 0.253 e. The van der Waals surface area contributed by atoms with E-state index >= 15 is 0 Å². The Kier molecular flexibility index (Phi) is 2.96. The number of rotatable bonds is 3. The summed E-state index contributed by atoms with van der Waals surface area (Å²) >= 11 is 0. The zero-order valence-electron chi connectivity index (χ0n) is 10.2. The highest BCUT2D eigenvalue weighted by Gasteiger charge is 2.33. The number of nitrogen functional groups attached to an aromatic ring is 1. The number of hydrogen-bond acceptors (Lipinski definition) is 3. The minimum absolute atomic E-state index is 0.0629. The maximum atomic E-state index is 12.1. The summed E-state index contributed by atoms with van der Waals surface area (Å²) in [5.74, 6) is 0.520. The fraction of sp³-hybridized carbons (Fsp3) is 0.462. The topological polar surface area (TPSA) is 64.3 Å². The van der Waals surface area contributed by atoms with Crippen LogP contribution in [0.1, 0.15) is 36.5 Å². The van der Waals surface area contributed by atoms with Gasteiger partial charge < -0.3 is 15.8 Å². The maximum Gasteiger partial charge on any atom is 0.253 e. The molecule has 1 saturated carbocycles. The molecule has 1 aliphatic carbocycles. The van der Waals surface area contributed by atoms with Crippen LogP contribution in [-0.4, -0.2) is 18.6 Å². The second-order valence-electron chi connectivity index (χ2n) is 4.82. The molecule has 1 amide bonds. The van der Waals surface area contributed by atoms with Crippen molar-refractivity contribution in [2.75, 3.05) is 12.8 Å². The average Bonchev–Trinajstić information content (AvgIpc) is 2.27. The minimum Gasteiger partial charge on any atom is -0.497 e. The number of benzene rings is 1. The van der Waals surface area contributed by atoms with E-state index < -0.39 is 0 Å². The molecular formula is C13H18N2O2. The lowest BCUT2D eigenvalue weighted by Gasteiger charge is -2.39. The van der Waals surface area contributed by atoms with Crippen molar-refractivity contribution < 1.29 is 9.53 Å². The standard InChI is InChI=1S/C13H18N2O2/c1-13(6-3-7-13)15-12(16)10-8-9(17-2)4-5-11(10)14/h4-5,8H,3,6-7,14H2,1-2H3,(H,15,16). The summed E-state index contributed by atoms with van der Waals surface area (Å²) in [6, 6.07) is 5.11.